The van der Waals surface area contributed by atoms with E-state index in [4.69, 9.17) is 58.3 Å². The van der Waals surface area contributed by atoms with Crippen molar-refractivity contribution in [3.05, 3.63) is 234 Å². The molecule has 113 heavy (non-hydrogen) atoms. The molecule has 3 aromatic heterocycles. The third-order valence-corrected chi connectivity index (χ3v) is 21.3. The van der Waals surface area contributed by atoms with E-state index in [-0.39, 0.29) is 5.75 Å². The molecule has 5 heterocycles. The summed E-state index contributed by atoms with van der Waals surface area (Å²) in [7, 11) is 0. The fraction of sp³-hybridized carbons (Fsp3) is 0.306. The smallest absolute Gasteiger partial charge is 0.170 e. The van der Waals surface area contributed by atoms with Gasteiger partial charge in [0.25, 0.3) is 0 Å². The number of hydrogen-bond acceptors (Lipinski definition) is 13. The monoisotopic (exact) mass is 1500 g/mol. The number of benzene rings is 10. The molecule has 0 saturated carbocycles. The van der Waals surface area contributed by atoms with Crippen LogP contribution in [0, 0.1) is 0 Å². The Morgan fingerprint density at radius 1 is 0.230 bits per heavy atom. The highest BCUT2D eigenvalue weighted by Crippen LogP contribution is 2.49. The van der Waals surface area contributed by atoms with E-state index < -0.39 is 0 Å². The van der Waals surface area contributed by atoms with E-state index in [0.717, 1.165) is 154 Å². The van der Waals surface area contributed by atoms with E-state index in [0.29, 0.717) is 159 Å². The molecule has 3 N–H and O–H groups in total. The van der Waals surface area contributed by atoms with Crippen molar-refractivity contribution >= 4 is 44.1 Å². The van der Waals surface area contributed by atoms with Crippen LogP contribution in [0.1, 0.15) is 190 Å². The normalized spacial score (nSPS) is 11.6. The topological polar surface area (TPSA) is 185 Å². The van der Waals surface area contributed by atoms with E-state index in [9.17, 15) is 5.11 Å². The fourth-order valence-electron chi connectivity index (χ4n) is 14.9. The van der Waals surface area contributed by atoms with E-state index in [1.807, 2.05) is 115 Å². The molecule has 15 heteroatoms. The van der Waals surface area contributed by atoms with Gasteiger partial charge in [-0.05, 0) is 238 Å². The molecule has 15 rings (SSSR count). The lowest BCUT2D eigenvalue weighted by molar-refractivity contribution is 0.419. The predicted molar refractivity (Wildman–Crippen MR) is 456 cm³/mol. The number of phenolic OH excluding ortho intramolecular Hbond substituents is 1. The molecule has 10 aromatic carbocycles. The van der Waals surface area contributed by atoms with Crippen molar-refractivity contribution in [2.75, 3.05) is 0 Å². The minimum absolute atomic E-state index is 0.0397. The Labute approximate surface area is 663 Å². The van der Waals surface area contributed by atoms with Crippen molar-refractivity contribution < 1.29 is 33.5 Å². The summed E-state index contributed by atoms with van der Waals surface area (Å²) in [4.78, 5) is 40.3. The molecular formula is C98H102N8O7. The van der Waals surface area contributed by atoms with E-state index in [1.54, 1.807) is 12.1 Å². The average molecular weight is 1500 g/mol. The number of aromatic amines is 2. The van der Waals surface area contributed by atoms with Gasteiger partial charge in [-0.3, -0.25) is 0 Å². The molecule has 0 saturated heterocycles. The van der Waals surface area contributed by atoms with Crippen molar-refractivity contribution in [1.29, 1.82) is 0 Å². The largest absolute Gasteiger partial charge is 0.508 e. The highest BCUT2D eigenvalue weighted by Gasteiger charge is 2.29. The molecule has 15 nitrogen and oxygen atoms in total. The molecule has 0 amide bonds. The van der Waals surface area contributed by atoms with Crippen LogP contribution >= 0.6 is 0 Å². The molecule has 0 radical (unpaired) electrons. The summed E-state index contributed by atoms with van der Waals surface area (Å²) in [5.41, 5.74) is 11.5. The van der Waals surface area contributed by atoms with Crippen LogP contribution in [0.15, 0.2) is 200 Å². The number of phenols is 1. The van der Waals surface area contributed by atoms with Gasteiger partial charge in [-0.1, -0.05) is 191 Å². The van der Waals surface area contributed by atoms with Crippen LogP contribution in [-0.4, -0.2) is 45.0 Å². The maximum absolute atomic E-state index is 11.4. The maximum atomic E-state index is 11.4. The summed E-state index contributed by atoms with van der Waals surface area (Å²) >= 11 is 0. The lowest BCUT2D eigenvalue weighted by Crippen LogP contribution is -1.94. The molecule has 2 aliphatic rings. The average Bonchev–Trinajstić information content (AvgIpc) is 1.59. The molecule has 2 aliphatic heterocycles. The number of fused-ring (bicyclic) bond motifs is 20. The van der Waals surface area contributed by atoms with Gasteiger partial charge in [-0.15, -0.1) is 0 Å². The van der Waals surface area contributed by atoms with E-state index >= 15 is 0 Å². The van der Waals surface area contributed by atoms with Crippen molar-refractivity contribution in [2.45, 2.75) is 196 Å². The Morgan fingerprint density at radius 2 is 0.442 bits per heavy atom. The lowest BCUT2D eigenvalue weighted by Gasteiger charge is -2.15. The Hall–Kier alpha value is -11.8. The Bertz CT molecular complexity index is 5600. The second-order valence-corrected chi connectivity index (χ2v) is 30.1. The van der Waals surface area contributed by atoms with Crippen LogP contribution in [-0.2, 0) is 38.5 Å². The first-order valence-corrected chi connectivity index (χ1v) is 41.4. The van der Waals surface area contributed by atoms with Crippen LogP contribution in [0.3, 0.4) is 0 Å². The summed E-state index contributed by atoms with van der Waals surface area (Å²) < 4.78 is 42.1. The van der Waals surface area contributed by atoms with Gasteiger partial charge in [-0.2, -0.15) is 0 Å². The van der Waals surface area contributed by atoms with Crippen LogP contribution in [0.5, 0.6) is 74.7 Å². The van der Waals surface area contributed by atoms with Crippen LogP contribution < -0.4 is 28.4 Å². The summed E-state index contributed by atoms with van der Waals surface area (Å²) in [6, 6.07) is 66.8. The van der Waals surface area contributed by atoms with Gasteiger partial charge in [-0.25, -0.2) is 29.9 Å². The third-order valence-electron chi connectivity index (χ3n) is 21.3. The van der Waals surface area contributed by atoms with Crippen molar-refractivity contribution in [2.24, 2.45) is 0 Å². The summed E-state index contributed by atoms with van der Waals surface area (Å²) in [6.45, 7) is 13.4. The molecular weight excluding hydrogens is 1400 g/mol. The number of aryl methyl sites for hydroxylation is 6. The van der Waals surface area contributed by atoms with E-state index in [1.165, 1.54) is 33.4 Å². The zero-order valence-corrected chi connectivity index (χ0v) is 66.1. The maximum Gasteiger partial charge on any atom is 0.170 e. The summed E-state index contributed by atoms with van der Waals surface area (Å²) in [6.07, 6.45) is 26.4. The molecule has 8 bridgehead atoms. The number of nitrogens with one attached hydrogen (secondary N) is 2. The number of aromatic hydroxyl groups is 1. The summed E-state index contributed by atoms with van der Waals surface area (Å²) in [5.74, 6) is 7.81. The van der Waals surface area contributed by atoms with Gasteiger partial charge >= 0.3 is 0 Å². The Kier molecular flexibility index (Phi) is 24.7. The number of aromatic nitrogens is 8. The number of ether oxygens (including phenoxy) is 6. The zero-order chi connectivity index (χ0) is 77.4. The first kappa shape index (κ1) is 76.5. The zero-order valence-electron chi connectivity index (χ0n) is 66.1. The second-order valence-electron chi connectivity index (χ2n) is 30.1. The van der Waals surface area contributed by atoms with Crippen molar-refractivity contribution in [1.82, 2.24) is 39.9 Å². The van der Waals surface area contributed by atoms with Gasteiger partial charge in [0, 0.05) is 43.8 Å². The highest BCUT2D eigenvalue weighted by molar-refractivity contribution is 6.08. The van der Waals surface area contributed by atoms with Crippen LogP contribution in [0.25, 0.3) is 89.7 Å². The fourth-order valence-corrected chi connectivity index (χ4v) is 14.9. The van der Waals surface area contributed by atoms with Gasteiger partial charge in [0.1, 0.15) is 62.8 Å². The molecule has 13 aromatic rings. The van der Waals surface area contributed by atoms with Crippen LogP contribution in [0.4, 0.5) is 0 Å². The minimum atomic E-state index is 0.0397. The van der Waals surface area contributed by atoms with E-state index in [2.05, 4.69) is 124 Å². The Morgan fingerprint density at radius 3 is 0.673 bits per heavy atom. The number of hydrogen-bond donors (Lipinski definition) is 3. The second kappa shape index (κ2) is 36.5. The standard InChI is InChI=1S/C98H102N8O7/c1-7-13-19-25-64-31-44-71(45-32-64)108-85-58-79-80(59-86(85)109-72-46-33-65(34-47-72)26-20-14-8-2)95-102-93(79)100-91-77-56-43-70(107)57-78(77)92(99-91)101-94-81-60-87(110-73-48-35-66(36-49-73)27-21-15-9-3)88(111-74-50-37-67(38-51-74)28-22-16-10-4)61-82(81)96(103-94)105-98-84-63-90(113-76-54-41-69(42-55-76)30-24-18-12-6)89(62-83(84)97(104-95)106-98)112-75-52-39-68(40-53-75)29-23-17-11-5/h31-63,107H,7-30H2,1-6H3,(H2,99,100,101,102,103,104,105,106). The molecule has 0 atom stereocenters. The number of unbranched alkanes of at least 4 members (excludes halogenated alkanes) is 12. The predicted octanol–water partition coefficient (Wildman–Crippen LogP) is 27.7. The highest BCUT2D eigenvalue weighted by atomic mass is 16.5. The quantitative estimate of drug-likeness (QED) is 0.0316. The van der Waals surface area contributed by atoms with Crippen LogP contribution in [0.2, 0.25) is 0 Å². The summed E-state index contributed by atoms with van der Waals surface area (Å²) in [5, 5.41) is 14.0. The molecule has 576 valence electrons. The number of H-pyrrole nitrogens is 2. The minimum Gasteiger partial charge on any atom is -0.508 e. The van der Waals surface area contributed by atoms with Crippen molar-refractivity contribution in [3.8, 4) is 120 Å². The molecule has 0 fully saturated rings. The van der Waals surface area contributed by atoms with Crippen molar-refractivity contribution in [3.63, 3.8) is 0 Å². The lowest BCUT2D eigenvalue weighted by atomic mass is 10.1. The van der Waals surface area contributed by atoms with Gasteiger partial charge in [0.15, 0.2) is 57.8 Å². The first-order chi connectivity index (χ1) is 55.5. The number of rotatable bonds is 36. The first-order valence-electron chi connectivity index (χ1n) is 41.4. The van der Waals surface area contributed by atoms with Gasteiger partial charge < -0.3 is 43.5 Å². The van der Waals surface area contributed by atoms with Gasteiger partial charge in [0.05, 0.1) is 0 Å². The third kappa shape index (κ3) is 18.7. The molecule has 0 aliphatic carbocycles. The number of nitrogens with zero attached hydrogens (tertiary/aromatic N) is 6. The molecule has 0 unspecified atom stereocenters. The molecule has 0 spiro atoms. The SMILES string of the molecule is CCCCCc1ccc(Oc2cc3c(cc2Oc2ccc(CCCCC)cc2)-c2nc-3nc3[nH]c(nc4nc(nc5[nH]c(n2)c2cc(Oc6ccc(CCCCC)cc6)c(Oc6ccc(CCCCC)cc6)cc52)-c2cc(Oc5ccc(CCCCC)cc5)c(Oc5ccc(CCCCC)cc5)cc2-4)c2cc(O)ccc32)cc1. The Balaban J connectivity index is 0.970. The van der Waals surface area contributed by atoms with Gasteiger partial charge in [0.2, 0.25) is 0 Å².